The highest BCUT2D eigenvalue weighted by molar-refractivity contribution is 5.82. The van der Waals surface area contributed by atoms with Crippen LogP contribution in [0.25, 0.3) is 0 Å². The van der Waals surface area contributed by atoms with Crippen molar-refractivity contribution in [1.82, 2.24) is 4.90 Å². The maximum atomic E-state index is 10.6. The van der Waals surface area contributed by atoms with E-state index >= 15 is 0 Å². The van der Waals surface area contributed by atoms with E-state index in [0.717, 1.165) is 0 Å². The molecule has 1 unspecified atom stereocenters. The molecule has 0 aromatic heterocycles. The zero-order valence-electron chi connectivity index (χ0n) is 5.66. The molecule has 1 amide bonds. The summed E-state index contributed by atoms with van der Waals surface area (Å²) in [4.78, 5) is 12.1. The number of β-lactam (4-membered cyclic amide) rings is 1. The zero-order chi connectivity index (χ0) is 7.02. The Morgan fingerprint density at radius 1 is 1.78 bits per heavy atom. The Morgan fingerprint density at radius 3 is 2.44 bits per heavy atom. The Hall–Kier alpha value is -0.570. The molecule has 3 nitrogen and oxygen atoms in total. The van der Waals surface area contributed by atoms with Gasteiger partial charge in [0.05, 0.1) is 6.42 Å². The number of hydrogen-bond donors (Lipinski definition) is 1. The van der Waals surface area contributed by atoms with Crippen molar-refractivity contribution in [3.8, 4) is 0 Å². The van der Waals surface area contributed by atoms with Crippen LogP contribution in [0.15, 0.2) is 0 Å². The summed E-state index contributed by atoms with van der Waals surface area (Å²) >= 11 is 0. The van der Waals surface area contributed by atoms with Crippen molar-refractivity contribution >= 4 is 5.91 Å². The van der Waals surface area contributed by atoms with Gasteiger partial charge in [0.15, 0.2) is 0 Å². The molecule has 1 rings (SSSR count). The SMILES string of the molecule is CC(C)N1C(=O)CC1O. The van der Waals surface area contributed by atoms with Crippen LogP contribution in [-0.4, -0.2) is 28.2 Å². The van der Waals surface area contributed by atoms with Crippen molar-refractivity contribution in [2.45, 2.75) is 32.5 Å². The first-order chi connectivity index (χ1) is 4.13. The van der Waals surface area contributed by atoms with E-state index in [1.165, 1.54) is 4.90 Å². The molecule has 0 aromatic rings. The highest BCUT2D eigenvalue weighted by atomic mass is 16.3. The molecule has 1 fully saturated rings. The van der Waals surface area contributed by atoms with Gasteiger partial charge >= 0.3 is 0 Å². The standard InChI is InChI=1S/C6H11NO2/c1-4(2)7-5(8)3-6(7)9/h4-5,8H,3H2,1-2H3. The third kappa shape index (κ3) is 0.920. The topological polar surface area (TPSA) is 40.5 Å². The second-order valence-electron chi connectivity index (χ2n) is 2.58. The summed E-state index contributed by atoms with van der Waals surface area (Å²) < 4.78 is 0. The molecule has 1 aliphatic rings. The van der Waals surface area contributed by atoms with Crippen molar-refractivity contribution < 1.29 is 9.90 Å². The molecule has 0 bridgehead atoms. The van der Waals surface area contributed by atoms with Crippen LogP contribution in [0.4, 0.5) is 0 Å². The van der Waals surface area contributed by atoms with E-state index in [1.54, 1.807) is 0 Å². The number of amides is 1. The Kier molecular flexibility index (Phi) is 1.45. The molecule has 0 radical (unpaired) electrons. The average molecular weight is 129 g/mol. The van der Waals surface area contributed by atoms with Gasteiger partial charge in [-0.25, -0.2) is 0 Å². The van der Waals surface area contributed by atoms with Crippen LogP contribution in [0.2, 0.25) is 0 Å². The molecule has 0 saturated carbocycles. The van der Waals surface area contributed by atoms with Crippen LogP contribution >= 0.6 is 0 Å². The van der Waals surface area contributed by atoms with Crippen LogP contribution in [0.5, 0.6) is 0 Å². The molecule has 0 aromatic carbocycles. The number of aliphatic hydroxyl groups excluding tert-OH is 1. The molecule has 9 heavy (non-hydrogen) atoms. The van der Waals surface area contributed by atoms with Crippen molar-refractivity contribution in [1.29, 1.82) is 0 Å². The van der Waals surface area contributed by atoms with Gasteiger partial charge in [-0.15, -0.1) is 0 Å². The maximum absolute atomic E-state index is 10.6. The summed E-state index contributed by atoms with van der Waals surface area (Å²) in [5.74, 6) is 0.0532. The Bertz CT molecular complexity index is 128. The number of aliphatic hydroxyl groups is 1. The molecule has 1 saturated heterocycles. The van der Waals surface area contributed by atoms with Crippen LogP contribution < -0.4 is 0 Å². The fourth-order valence-electron chi connectivity index (χ4n) is 1.05. The van der Waals surface area contributed by atoms with E-state index in [-0.39, 0.29) is 11.9 Å². The predicted molar refractivity (Wildman–Crippen MR) is 32.6 cm³/mol. The summed E-state index contributed by atoms with van der Waals surface area (Å²) in [5, 5.41) is 8.95. The normalized spacial score (nSPS) is 26.9. The third-order valence-corrected chi connectivity index (χ3v) is 1.52. The molecule has 1 heterocycles. The minimum Gasteiger partial charge on any atom is -0.373 e. The molecule has 1 aliphatic heterocycles. The number of likely N-dealkylation sites (tertiary alicyclic amines) is 1. The summed E-state index contributed by atoms with van der Waals surface area (Å²) in [6.07, 6.45) is -0.212. The van der Waals surface area contributed by atoms with E-state index in [4.69, 9.17) is 5.11 Å². The van der Waals surface area contributed by atoms with Crippen molar-refractivity contribution in [2.75, 3.05) is 0 Å². The lowest BCUT2D eigenvalue weighted by Crippen LogP contribution is -2.55. The van der Waals surface area contributed by atoms with Gasteiger partial charge < -0.3 is 10.0 Å². The number of carbonyl (C=O) groups is 1. The number of nitrogens with zero attached hydrogens (tertiary/aromatic N) is 1. The largest absolute Gasteiger partial charge is 0.373 e. The van der Waals surface area contributed by atoms with Crippen LogP contribution in [0.1, 0.15) is 20.3 Å². The number of hydrogen-bond acceptors (Lipinski definition) is 2. The lowest BCUT2D eigenvalue weighted by Gasteiger charge is -2.39. The minimum atomic E-state index is -0.516. The molecule has 0 spiro atoms. The summed E-state index contributed by atoms with van der Waals surface area (Å²) in [6, 6.07) is 0.140. The first kappa shape index (κ1) is 6.55. The molecular formula is C6H11NO2. The van der Waals surface area contributed by atoms with E-state index in [9.17, 15) is 4.79 Å². The predicted octanol–water partition coefficient (Wildman–Crippen LogP) is -0.0545. The first-order valence-electron chi connectivity index (χ1n) is 3.12. The lowest BCUT2D eigenvalue weighted by atomic mass is 10.1. The van der Waals surface area contributed by atoms with Gasteiger partial charge in [-0.2, -0.15) is 0 Å². The van der Waals surface area contributed by atoms with E-state index < -0.39 is 6.23 Å². The highest BCUT2D eigenvalue weighted by Crippen LogP contribution is 2.18. The third-order valence-electron chi connectivity index (χ3n) is 1.52. The fraction of sp³-hybridized carbons (Fsp3) is 0.833. The zero-order valence-corrected chi connectivity index (χ0v) is 5.66. The van der Waals surface area contributed by atoms with Gasteiger partial charge in [-0.05, 0) is 13.8 Å². The van der Waals surface area contributed by atoms with Crippen molar-refractivity contribution in [3.05, 3.63) is 0 Å². The Morgan fingerprint density at radius 2 is 2.33 bits per heavy atom. The Balaban J connectivity index is 2.49. The smallest absolute Gasteiger partial charge is 0.229 e. The van der Waals surface area contributed by atoms with E-state index in [2.05, 4.69) is 0 Å². The van der Waals surface area contributed by atoms with Gasteiger partial charge in [0.2, 0.25) is 5.91 Å². The van der Waals surface area contributed by atoms with Crippen molar-refractivity contribution in [3.63, 3.8) is 0 Å². The minimum absolute atomic E-state index is 0.0532. The molecule has 1 atom stereocenters. The second-order valence-corrected chi connectivity index (χ2v) is 2.58. The maximum Gasteiger partial charge on any atom is 0.229 e. The molecule has 1 N–H and O–H groups in total. The summed E-state index contributed by atoms with van der Waals surface area (Å²) in [5.41, 5.74) is 0. The van der Waals surface area contributed by atoms with Crippen LogP contribution in [0.3, 0.4) is 0 Å². The lowest BCUT2D eigenvalue weighted by molar-refractivity contribution is -0.168. The first-order valence-corrected chi connectivity index (χ1v) is 3.12. The Labute approximate surface area is 54.3 Å². The highest BCUT2D eigenvalue weighted by Gasteiger charge is 2.35. The van der Waals surface area contributed by atoms with Gasteiger partial charge in [0.1, 0.15) is 6.23 Å². The molecule has 3 heteroatoms. The monoisotopic (exact) mass is 129 g/mol. The number of rotatable bonds is 1. The van der Waals surface area contributed by atoms with Gasteiger partial charge in [0, 0.05) is 6.04 Å². The fourth-order valence-corrected chi connectivity index (χ4v) is 1.05. The van der Waals surface area contributed by atoms with Crippen LogP contribution in [0, 0.1) is 0 Å². The van der Waals surface area contributed by atoms with Gasteiger partial charge in [-0.3, -0.25) is 4.79 Å². The molecular weight excluding hydrogens is 118 g/mol. The van der Waals surface area contributed by atoms with Gasteiger partial charge in [-0.1, -0.05) is 0 Å². The molecule has 0 aliphatic carbocycles. The van der Waals surface area contributed by atoms with Gasteiger partial charge in [0.25, 0.3) is 0 Å². The van der Waals surface area contributed by atoms with E-state index in [0.29, 0.717) is 6.42 Å². The summed E-state index contributed by atoms with van der Waals surface area (Å²) in [7, 11) is 0. The molecule has 52 valence electrons. The van der Waals surface area contributed by atoms with Crippen molar-refractivity contribution in [2.24, 2.45) is 0 Å². The average Bonchev–Trinajstić information content (AvgIpc) is 1.62. The van der Waals surface area contributed by atoms with E-state index in [1.807, 2.05) is 13.8 Å². The van der Waals surface area contributed by atoms with Crippen LogP contribution in [-0.2, 0) is 4.79 Å². The summed E-state index contributed by atoms with van der Waals surface area (Å²) in [6.45, 7) is 3.78. The quantitative estimate of drug-likeness (QED) is 0.504. The number of carbonyl (C=O) groups excluding carboxylic acids is 1. The second kappa shape index (κ2) is 1.99.